The van der Waals surface area contributed by atoms with Gasteiger partial charge in [0.1, 0.15) is 11.4 Å². The third-order valence-corrected chi connectivity index (χ3v) is 5.54. The zero-order valence-corrected chi connectivity index (χ0v) is 17.8. The molecule has 4 rings (SSSR count). The van der Waals surface area contributed by atoms with Crippen LogP contribution in [-0.2, 0) is 0 Å². The van der Waals surface area contributed by atoms with E-state index in [9.17, 15) is 4.79 Å². The number of anilines is 1. The molecular weight excluding hydrogens is 376 g/mol. The molecule has 0 N–H and O–H groups in total. The Bertz CT molecular complexity index is 988. The van der Waals surface area contributed by atoms with Crippen LogP contribution in [0.1, 0.15) is 35.9 Å². The monoisotopic (exact) mass is 404 g/mol. The third kappa shape index (κ3) is 4.03. The van der Waals surface area contributed by atoms with Crippen LogP contribution in [0.2, 0.25) is 0 Å². The number of piperazine rings is 1. The van der Waals surface area contributed by atoms with Crippen molar-refractivity contribution in [3.63, 3.8) is 0 Å². The topological polar surface area (TPSA) is 50.6 Å². The lowest BCUT2D eigenvalue weighted by molar-refractivity contribution is 0.0737. The molecule has 1 aromatic heterocycles. The maximum Gasteiger partial charge on any atom is 0.272 e. The van der Waals surface area contributed by atoms with Crippen molar-refractivity contribution in [1.29, 1.82) is 0 Å². The minimum atomic E-state index is 0.0348. The summed E-state index contributed by atoms with van der Waals surface area (Å²) in [5.41, 5.74) is 3.62. The van der Waals surface area contributed by atoms with E-state index in [4.69, 9.17) is 9.84 Å². The van der Waals surface area contributed by atoms with Gasteiger partial charge in [0, 0.05) is 31.9 Å². The second-order valence-corrected chi connectivity index (χ2v) is 7.83. The van der Waals surface area contributed by atoms with Crippen LogP contribution in [0.3, 0.4) is 0 Å². The van der Waals surface area contributed by atoms with E-state index in [-0.39, 0.29) is 11.8 Å². The van der Waals surface area contributed by atoms with Crippen LogP contribution in [0.4, 0.5) is 5.69 Å². The number of hydrogen-bond acceptors (Lipinski definition) is 4. The molecule has 1 saturated heterocycles. The van der Waals surface area contributed by atoms with Gasteiger partial charge in [0.15, 0.2) is 0 Å². The molecule has 0 unspecified atom stereocenters. The molecule has 6 heteroatoms. The summed E-state index contributed by atoms with van der Waals surface area (Å²) in [7, 11) is 1.67. The minimum absolute atomic E-state index is 0.0348. The van der Waals surface area contributed by atoms with Crippen molar-refractivity contribution in [1.82, 2.24) is 14.7 Å². The Morgan fingerprint density at radius 3 is 2.20 bits per heavy atom. The third-order valence-electron chi connectivity index (χ3n) is 5.54. The molecule has 2 aromatic carbocycles. The maximum absolute atomic E-state index is 13.4. The van der Waals surface area contributed by atoms with Gasteiger partial charge in [-0.1, -0.05) is 32.0 Å². The van der Waals surface area contributed by atoms with Gasteiger partial charge < -0.3 is 14.5 Å². The largest absolute Gasteiger partial charge is 0.497 e. The van der Waals surface area contributed by atoms with Gasteiger partial charge in [-0.25, -0.2) is 4.68 Å². The first-order chi connectivity index (χ1) is 14.6. The molecule has 1 aliphatic heterocycles. The number of nitrogens with zero attached hydrogens (tertiary/aromatic N) is 4. The number of carbonyl (C=O) groups excluding carboxylic acids is 1. The molecule has 0 atom stereocenters. The SMILES string of the molecule is COc1ccc(N2CCN(C(=O)c3cc(C(C)C)nn3-c3ccccc3)CC2)cc1. The highest BCUT2D eigenvalue weighted by Gasteiger charge is 2.26. The Morgan fingerprint density at radius 1 is 0.933 bits per heavy atom. The molecule has 1 fully saturated rings. The Morgan fingerprint density at radius 2 is 1.60 bits per heavy atom. The summed E-state index contributed by atoms with van der Waals surface area (Å²) in [6, 6.07) is 19.9. The molecule has 6 nitrogen and oxygen atoms in total. The molecule has 0 bridgehead atoms. The summed E-state index contributed by atoms with van der Waals surface area (Å²) >= 11 is 0. The predicted molar refractivity (Wildman–Crippen MR) is 119 cm³/mol. The maximum atomic E-state index is 13.4. The summed E-state index contributed by atoms with van der Waals surface area (Å²) in [5, 5.41) is 4.72. The molecule has 1 aliphatic rings. The average molecular weight is 405 g/mol. The summed E-state index contributed by atoms with van der Waals surface area (Å²) in [6.45, 7) is 7.16. The lowest BCUT2D eigenvalue weighted by Crippen LogP contribution is -2.49. The van der Waals surface area contributed by atoms with Crippen LogP contribution in [0, 0.1) is 0 Å². The number of hydrogen-bond donors (Lipinski definition) is 0. The average Bonchev–Trinajstić information content (AvgIpc) is 3.25. The van der Waals surface area contributed by atoms with Crippen molar-refractivity contribution in [2.45, 2.75) is 19.8 Å². The predicted octanol–water partition coefficient (Wildman–Crippen LogP) is 3.97. The van der Waals surface area contributed by atoms with Crippen molar-refractivity contribution in [2.75, 3.05) is 38.2 Å². The van der Waals surface area contributed by atoms with E-state index in [1.54, 1.807) is 11.8 Å². The van der Waals surface area contributed by atoms with E-state index in [0.29, 0.717) is 18.8 Å². The molecule has 0 spiro atoms. The normalized spacial score (nSPS) is 14.3. The zero-order valence-electron chi connectivity index (χ0n) is 17.8. The number of amides is 1. The van der Waals surface area contributed by atoms with Crippen LogP contribution < -0.4 is 9.64 Å². The highest BCUT2D eigenvalue weighted by atomic mass is 16.5. The van der Waals surface area contributed by atoms with Gasteiger partial charge in [-0.2, -0.15) is 5.10 Å². The van der Waals surface area contributed by atoms with Crippen molar-refractivity contribution < 1.29 is 9.53 Å². The summed E-state index contributed by atoms with van der Waals surface area (Å²) in [6.07, 6.45) is 0. The number of rotatable bonds is 5. The first-order valence-electron chi connectivity index (χ1n) is 10.4. The Kier molecular flexibility index (Phi) is 5.74. The van der Waals surface area contributed by atoms with Crippen LogP contribution in [0.15, 0.2) is 60.7 Å². The number of para-hydroxylation sites is 1. The van der Waals surface area contributed by atoms with Crippen LogP contribution in [-0.4, -0.2) is 53.9 Å². The molecule has 1 amide bonds. The van der Waals surface area contributed by atoms with Gasteiger partial charge in [0.25, 0.3) is 5.91 Å². The minimum Gasteiger partial charge on any atom is -0.497 e. The van der Waals surface area contributed by atoms with Gasteiger partial charge in [0.2, 0.25) is 0 Å². The van der Waals surface area contributed by atoms with Crippen LogP contribution >= 0.6 is 0 Å². The number of ether oxygens (including phenoxy) is 1. The van der Waals surface area contributed by atoms with Crippen molar-refractivity contribution >= 4 is 11.6 Å². The first-order valence-corrected chi connectivity index (χ1v) is 10.4. The van der Waals surface area contributed by atoms with E-state index >= 15 is 0 Å². The second kappa shape index (κ2) is 8.61. The molecular formula is C24H28N4O2. The highest BCUT2D eigenvalue weighted by molar-refractivity contribution is 5.93. The molecule has 156 valence electrons. The van der Waals surface area contributed by atoms with Crippen LogP contribution in [0.5, 0.6) is 5.75 Å². The van der Waals surface area contributed by atoms with Crippen molar-refractivity contribution in [3.05, 3.63) is 72.1 Å². The quantitative estimate of drug-likeness (QED) is 0.646. The molecule has 2 heterocycles. The standard InChI is InChI=1S/C24H28N4O2/c1-18(2)22-17-23(28(25-22)20-7-5-4-6-8-20)24(29)27-15-13-26(14-16-27)19-9-11-21(30-3)12-10-19/h4-12,17-18H,13-16H2,1-3H3. The second-order valence-electron chi connectivity index (χ2n) is 7.83. The van der Waals surface area contributed by atoms with Crippen LogP contribution in [0.25, 0.3) is 5.69 Å². The summed E-state index contributed by atoms with van der Waals surface area (Å²) in [4.78, 5) is 17.6. The van der Waals surface area contributed by atoms with E-state index in [1.165, 1.54) is 0 Å². The molecule has 0 saturated carbocycles. The van der Waals surface area contributed by atoms with E-state index < -0.39 is 0 Å². The summed E-state index contributed by atoms with van der Waals surface area (Å²) < 4.78 is 7.03. The van der Waals surface area contributed by atoms with E-state index in [1.807, 2.05) is 53.4 Å². The van der Waals surface area contributed by atoms with Gasteiger partial charge in [-0.15, -0.1) is 0 Å². The number of benzene rings is 2. The molecule has 0 aliphatic carbocycles. The molecule has 0 radical (unpaired) electrons. The van der Waals surface area contributed by atoms with E-state index in [2.05, 4.69) is 30.9 Å². The van der Waals surface area contributed by atoms with Gasteiger partial charge in [-0.05, 0) is 48.4 Å². The fraction of sp³-hybridized carbons (Fsp3) is 0.333. The van der Waals surface area contributed by atoms with Gasteiger partial charge >= 0.3 is 0 Å². The number of aromatic nitrogens is 2. The first kappa shape index (κ1) is 20.0. The Hall–Kier alpha value is -3.28. The lowest BCUT2D eigenvalue weighted by Gasteiger charge is -2.36. The van der Waals surface area contributed by atoms with Gasteiger partial charge in [-0.3, -0.25) is 4.79 Å². The molecule has 30 heavy (non-hydrogen) atoms. The van der Waals surface area contributed by atoms with Crippen molar-refractivity contribution in [2.24, 2.45) is 0 Å². The lowest BCUT2D eigenvalue weighted by atomic mass is 10.1. The summed E-state index contributed by atoms with van der Waals surface area (Å²) in [5.74, 6) is 1.14. The molecule has 3 aromatic rings. The smallest absolute Gasteiger partial charge is 0.272 e. The fourth-order valence-corrected chi connectivity index (χ4v) is 3.72. The van der Waals surface area contributed by atoms with E-state index in [0.717, 1.165) is 35.9 Å². The van der Waals surface area contributed by atoms with Crippen molar-refractivity contribution in [3.8, 4) is 11.4 Å². The van der Waals surface area contributed by atoms with Gasteiger partial charge in [0.05, 0.1) is 18.5 Å². The zero-order chi connectivity index (χ0) is 21.1. The number of carbonyl (C=O) groups is 1. The Balaban J connectivity index is 1.51. The Labute approximate surface area is 177 Å². The highest BCUT2D eigenvalue weighted by Crippen LogP contribution is 2.23. The fourth-order valence-electron chi connectivity index (χ4n) is 3.72. The number of methoxy groups -OCH3 is 1.